The summed E-state index contributed by atoms with van der Waals surface area (Å²) in [6.07, 6.45) is 8.24. The van der Waals surface area contributed by atoms with Gasteiger partial charge >= 0.3 is 0 Å². The summed E-state index contributed by atoms with van der Waals surface area (Å²) in [6, 6.07) is 7.87. The van der Waals surface area contributed by atoms with Gasteiger partial charge in [-0.15, -0.1) is 21.5 Å². The molecule has 0 atom stereocenters. The number of fused-ring (bicyclic) bond motifs is 3. The third-order valence-electron chi connectivity index (χ3n) is 5.11. The molecule has 29 heavy (non-hydrogen) atoms. The second-order valence-electron chi connectivity index (χ2n) is 7.01. The van der Waals surface area contributed by atoms with Crippen LogP contribution in [0.4, 0.5) is 0 Å². The number of benzene rings is 1. The lowest BCUT2D eigenvalue weighted by Crippen LogP contribution is -1.89. The molecule has 148 valence electrons. The Morgan fingerprint density at radius 2 is 1.93 bits per heavy atom. The first-order valence-electron chi connectivity index (χ1n) is 9.68. The van der Waals surface area contributed by atoms with E-state index in [0.29, 0.717) is 17.5 Å². The fraction of sp³-hybridized carbons (Fsp3) is 0.333. The molecule has 3 aromatic heterocycles. The van der Waals surface area contributed by atoms with E-state index in [9.17, 15) is 0 Å². The van der Waals surface area contributed by atoms with Crippen LogP contribution < -0.4 is 4.74 Å². The van der Waals surface area contributed by atoms with Gasteiger partial charge in [-0.3, -0.25) is 0 Å². The molecule has 4 aromatic rings. The summed E-state index contributed by atoms with van der Waals surface area (Å²) < 4.78 is 11.1. The molecule has 0 saturated carbocycles. The lowest BCUT2D eigenvalue weighted by molar-refractivity contribution is 0.413. The SMILES string of the molecule is COc1ccc(Cc2nnc(Sc3ncnc4sc5c(c34)CCCCC5)o2)cc1. The number of nitrogens with zero attached hydrogens (tertiary/aromatic N) is 4. The van der Waals surface area contributed by atoms with Gasteiger partial charge in [0.05, 0.1) is 13.5 Å². The lowest BCUT2D eigenvalue weighted by Gasteiger charge is -2.02. The fourth-order valence-electron chi connectivity index (χ4n) is 3.67. The molecular weight excluding hydrogens is 404 g/mol. The first-order chi connectivity index (χ1) is 14.3. The Labute approximate surface area is 176 Å². The Bertz CT molecular complexity index is 1140. The molecule has 8 heteroatoms. The predicted molar refractivity (Wildman–Crippen MR) is 113 cm³/mol. The van der Waals surface area contributed by atoms with Crippen LogP contribution in [-0.2, 0) is 19.3 Å². The molecule has 0 N–H and O–H groups in total. The minimum absolute atomic E-state index is 0.516. The summed E-state index contributed by atoms with van der Waals surface area (Å²) >= 11 is 3.24. The van der Waals surface area contributed by atoms with Gasteiger partial charge in [-0.05, 0) is 60.7 Å². The maximum atomic E-state index is 5.89. The van der Waals surface area contributed by atoms with E-state index >= 15 is 0 Å². The van der Waals surface area contributed by atoms with Crippen molar-refractivity contribution in [1.29, 1.82) is 0 Å². The summed E-state index contributed by atoms with van der Waals surface area (Å²) in [5.41, 5.74) is 2.52. The standard InChI is InChI=1S/C21H20N4O2S2/c1-26-14-9-7-13(8-10-14)11-17-24-25-21(27-17)29-20-18-15-5-3-2-4-6-16(15)28-19(18)22-12-23-20/h7-10,12H,2-6,11H2,1H3. The Hall–Kier alpha value is -2.45. The molecule has 0 spiro atoms. The van der Waals surface area contributed by atoms with Crippen molar-refractivity contribution in [1.82, 2.24) is 20.2 Å². The lowest BCUT2D eigenvalue weighted by atomic mass is 10.1. The zero-order valence-electron chi connectivity index (χ0n) is 16.1. The average molecular weight is 425 g/mol. The van der Waals surface area contributed by atoms with Crippen molar-refractivity contribution in [3.05, 3.63) is 52.5 Å². The number of aryl methyl sites for hydroxylation is 2. The van der Waals surface area contributed by atoms with Crippen molar-refractivity contribution >= 4 is 33.3 Å². The zero-order chi connectivity index (χ0) is 19.6. The van der Waals surface area contributed by atoms with E-state index in [4.69, 9.17) is 9.15 Å². The summed E-state index contributed by atoms with van der Waals surface area (Å²) in [5.74, 6) is 1.42. The molecule has 0 amide bonds. The highest BCUT2D eigenvalue weighted by molar-refractivity contribution is 7.99. The number of ether oxygens (including phenoxy) is 1. The molecule has 0 bridgehead atoms. The van der Waals surface area contributed by atoms with Gasteiger partial charge in [-0.25, -0.2) is 9.97 Å². The summed E-state index contributed by atoms with van der Waals surface area (Å²) in [6.45, 7) is 0. The molecule has 0 radical (unpaired) electrons. The summed E-state index contributed by atoms with van der Waals surface area (Å²) in [7, 11) is 1.66. The molecular formula is C21H20N4O2S2. The molecule has 1 aromatic carbocycles. The van der Waals surface area contributed by atoms with Gasteiger partial charge in [-0.1, -0.05) is 18.6 Å². The molecule has 6 nitrogen and oxygen atoms in total. The van der Waals surface area contributed by atoms with E-state index in [1.165, 1.54) is 46.9 Å². The van der Waals surface area contributed by atoms with E-state index in [2.05, 4.69) is 20.2 Å². The minimum atomic E-state index is 0.516. The van der Waals surface area contributed by atoms with Crippen molar-refractivity contribution in [3.8, 4) is 5.75 Å². The van der Waals surface area contributed by atoms with E-state index < -0.39 is 0 Å². The topological polar surface area (TPSA) is 73.9 Å². The molecule has 1 aliphatic carbocycles. The number of hydrogen-bond donors (Lipinski definition) is 0. The van der Waals surface area contributed by atoms with Crippen LogP contribution >= 0.6 is 23.1 Å². The molecule has 0 fully saturated rings. The van der Waals surface area contributed by atoms with Crippen LogP contribution in [0.5, 0.6) is 5.75 Å². The fourth-order valence-corrected chi connectivity index (χ4v) is 5.77. The van der Waals surface area contributed by atoms with Gasteiger partial charge in [0.1, 0.15) is 21.9 Å². The van der Waals surface area contributed by atoms with Crippen LogP contribution in [0.15, 0.2) is 45.3 Å². The largest absolute Gasteiger partial charge is 0.497 e. The van der Waals surface area contributed by atoms with E-state index in [1.54, 1.807) is 24.8 Å². The summed E-state index contributed by atoms with van der Waals surface area (Å²) in [4.78, 5) is 11.6. The molecule has 1 aliphatic rings. The number of methoxy groups -OCH3 is 1. The van der Waals surface area contributed by atoms with Gasteiger partial charge in [0.15, 0.2) is 0 Å². The molecule has 0 unspecified atom stereocenters. The Kier molecular flexibility index (Phi) is 5.20. The van der Waals surface area contributed by atoms with Crippen LogP contribution in [0.1, 0.15) is 41.2 Å². The molecule has 5 rings (SSSR count). The monoisotopic (exact) mass is 424 g/mol. The Morgan fingerprint density at radius 1 is 1.07 bits per heavy atom. The quantitative estimate of drug-likeness (QED) is 0.326. The highest BCUT2D eigenvalue weighted by Gasteiger charge is 2.21. The second kappa shape index (κ2) is 8.12. The highest BCUT2D eigenvalue weighted by Crippen LogP contribution is 2.40. The van der Waals surface area contributed by atoms with Crippen LogP contribution in [-0.4, -0.2) is 27.3 Å². The molecule has 3 heterocycles. The maximum absolute atomic E-state index is 5.89. The van der Waals surface area contributed by atoms with Crippen molar-refractivity contribution in [2.24, 2.45) is 0 Å². The number of thiophene rings is 1. The van der Waals surface area contributed by atoms with Crippen LogP contribution in [0.2, 0.25) is 0 Å². The van der Waals surface area contributed by atoms with E-state index in [0.717, 1.165) is 34.0 Å². The smallest absolute Gasteiger partial charge is 0.282 e. The van der Waals surface area contributed by atoms with Gasteiger partial charge < -0.3 is 9.15 Å². The third kappa shape index (κ3) is 3.86. The van der Waals surface area contributed by atoms with Gasteiger partial charge in [0.25, 0.3) is 5.22 Å². The number of hydrogen-bond acceptors (Lipinski definition) is 8. The summed E-state index contributed by atoms with van der Waals surface area (Å²) in [5, 5.41) is 11.0. The maximum Gasteiger partial charge on any atom is 0.282 e. The first kappa shape index (κ1) is 18.6. The minimum Gasteiger partial charge on any atom is -0.497 e. The van der Waals surface area contributed by atoms with Crippen LogP contribution in [0, 0.1) is 0 Å². The van der Waals surface area contributed by atoms with Crippen molar-refractivity contribution in [2.75, 3.05) is 7.11 Å². The third-order valence-corrected chi connectivity index (χ3v) is 7.16. The van der Waals surface area contributed by atoms with Gasteiger partial charge in [0.2, 0.25) is 5.89 Å². The predicted octanol–water partition coefficient (Wildman–Crippen LogP) is 5.09. The molecule has 0 aliphatic heterocycles. The second-order valence-corrected chi connectivity index (χ2v) is 9.04. The number of aromatic nitrogens is 4. The Morgan fingerprint density at radius 3 is 2.79 bits per heavy atom. The van der Waals surface area contributed by atoms with Gasteiger partial charge in [-0.2, -0.15) is 0 Å². The van der Waals surface area contributed by atoms with E-state index in [1.807, 2.05) is 24.3 Å². The van der Waals surface area contributed by atoms with Crippen LogP contribution in [0.25, 0.3) is 10.2 Å². The normalized spacial score (nSPS) is 14.0. The van der Waals surface area contributed by atoms with Crippen molar-refractivity contribution in [2.45, 2.75) is 48.8 Å². The average Bonchev–Trinajstić information content (AvgIpc) is 3.26. The van der Waals surface area contributed by atoms with Crippen molar-refractivity contribution in [3.63, 3.8) is 0 Å². The van der Waals surface area contributed by atoms with Crippen molar-refractivity contribution < 1.29 is 9.15 Å². The number of rotatable bonds is 5. The van der Waals surface area contributed by atoms with Crippen LogP contribution in [0.3, 0.4) is 0 Å². The van der Waals surface area contributed by atoms with E-state index in [-0.39, 0.29) is 0 Å². The van der Waals surface area contributed by atoms with Gasteiger partial charge in [0, 0.05) is 10.3 Å². The molecule has 0 saturated heterocycles. The Balaban J connectivity index is 1.39. The highest BCUT2D eigenvalue weighted by atomic mass is 32.2. The zero-order valence-corrected chi connectivity index (χ0v) is 17.7. The first-order valence-corrected chi connectivity index (χ1v) is 11.3.